The van der Waals surface area contributed by atoms with E-state index in [1.54, 1.807) is 24.3 Å². The van der Waals surface area contributed by atoms with Crippen molar-refractivity contribution >= 4 is 21.6 Å². The Morgan fingerprint density at radius 2 is 1.82 bits per heavy atom. The molecule has 0 spiro atoms. The van der Waals surface area contributed by atoms with E-state index in [2.05, 4.69) is 5.32 Å². The average Bonchev–Trinajstić information content (AvgIpc) is 2.86. The third-order valence-electron chi connectivity index (χ3n) is 5.88. The van der Waals surface area contributed by atoms with Gasteiger partial charge in [-0.15, -0.1) is 0 Å². The largest absolute Gasteiger partial charge is 0.497 e. The lowest BCUT2D eigenvalue weighted by molar-refractivity contribution is -0.127. The first-order chi connectivity index (χ1) is 16.3. The van der Waals surface area contributed by atoms with Crippen molar-refractivity contribution in [2.24, 2.45) is 0 Å². The van der Waals surface area contributed by atoms with Gasteiger partial charge in [-0.3, -0.25) is 9.10 Å². The summed E-state index contributed by atoms with van der Waals surface area (Å²) in [4.78, 5) is 13.2. The first-order valence-electron chi connectivity index (χ1n) is 11.1. The number of methoxy groups -OCH3 is 1. The number of aryl methyl sites for hydroxylation is 1. The van der Waals surface area contributed by atoms with Crippen LogP contribution in [0.15, 0.2) is 77.7 Å². The number of carbonyl (C=O) groups excluding carboxylic acids is 1. The van der Waals surface area contributed by atoms with Crippen LogP contribution in [-0.2, 0) is 14.8 Å². The highest BCUT2D eigenvalue weighted by Crippen LogP contribution is 2.38. The minimum Gasteiger partial charge on any atom is -0.497 e. The number of fused-ring (bicyclic) bond motifs is 1. The molecule has 8 heteroatoms. The zero-order valence-corrected chi connectivity index (χ0v) is 20.2. The lowest BCUT2D eigenvalue weighted by Gasteiger charge is -2.35. The van der Waals surface area contributed by atoms with Gasteiger partial charge in [-0.1, -0.05) is 43.3 Å². The summed E-state index contributed by atoms with van der Waals surface area (Å²) < 4.78 is 39.5. The van der Waals surface area contributed by atoms with Gasteiger partial charge >= 0.3 is 0 Å². The molecule has 3 aromatic carbocycles. The summed E-state index contributed by atoms with van der Waals surface area (Å²) in [5.74, 6) is 0.661. The van der Waals surface area contributed by atoms with E-state index in [4.69, 9.17) is 9.47 Å². The maximum atomic E-state index is 13.6. The summed E-state index contributed by atoms with van der Waals surface area (Å²) in [7, 11) is -2.42. The monoisotopic (exact) mass is 480 g/mol. The van der Waals surface area contributed by atoms with Gasteiger partial charge < -0.3 is 14.8 Å². The Balaban J connectivity index is 1.58. The van der Waals surface area contributed by atoms with Crippen LogP contribution >= 0.6 is 0 Å². The molecular weight excluding hydrogens is 452 g/mol. The highest BCUT2D eigenvalue weighted by atomic mass is 32.2. The number of anilines is 1. The van der Waals surface area contributed by atoms with Crippen LogP contribution in [0.25, 0.3) is 0 Å². The van der Waals surface area contributed by atoms with Crippen LogP contribution in [-0.4, -0.2) is 40.6 Å². The molecule has 0 aromatic heterocycles. The molecule has 4 rings (SSSR count). The third-order valence-corrected chi connectivity index (χ3v) is 7.67. The molecule has 0 radical (unpaired) electrons. The van der Waals surface area contributed by atoms with Gasteiger partial charge in [0.25, 0.3) is 15.9 Å². The second kappa shape index (κ2) is 9.77. The van der Waals surface area contributed by atoms with Gasteiger partial charge in [-0.25, -0.2) is 8.42 Å². The number of nitrogens with one attached hydrogen (secondary N) is 1. The van der Waals surface area contributed by atoms with Crippen LogP contribution in [0.1, 0.15) is 24.0 Å². The molecule has 0 bridgehead atoms. The lowest BCUT2D eigenvalue weighted by atomic mass is 10.0. The highest BCUT2D eigenvalue weighted by molar-refractivity contribution is 7.92. The van der Waals surface area contributed by atoms with Gasteiger partial charge in [0.15, 0.2) is 6.10 Å². The molecular formula is C26H28N2O5S. The normalized spacial score (nSPS) is 16.2. The van der Waals surface area contributed by atoms with Gasteiger partial charge in [0.2, 0.25) is 0 Å². The minimum absolute atomic E-state index is 0.0995. The van der Waals surface area contributed by atoms with Crippen molar-refractivity contribution in [3.63, 3.8) is 0 Å². The number of ether oxygens (including phenoxy) is 2. The van der Waals surface area contributed by atoms with Crippen molar-refractivity contribution in [3.8, 4) is 11.5 Å². The molecule has 0 aliphatic carbocycles. The number of rotatable bonds is 7. The summed E-state index contributed by atoms with van der Waals surface area (Å²) >= 11 is 0. The molecule has 3 aromatic rings. The Kier molecular flexibility index (Phi) is 6.79. The molecule has 1 N–H and O–H groups in total. The van der Waals surface area contributed by atoms with E-state index < -0.39 is 16.1 Å². The van der Waals surface area contributed by atoms with Crippen molar-refractivity contribution in [2.75, 3.05) is 24.5 Å². The molecule has 0 fully saturated rings. The number of sulfonamides is 1. The van der Waals surface area contributed by atoms with Crippen LogP contribution in [0.3, 0.4) is 0 Å². The van der Waals surface area contributed by atoms with Crippen LogP contribution in [0.2, 0.25) is 0 Å². The zero-order chi connectivity index (χ0) is 24.3. The number of nitrogens with zero attached hydrogens (tertiary/aromatic N) is 1. The maximum absolute atomic E-state index is 13.6. The fourth-order valence-electron chi connectivity index (χ4n) is 3.87. The fraction of sp³-hybridized carbons (Fsp3) is 0.269. The first kappa shape index (κ1) is 23.6. The minimum atomic E-state index is -3.94. The summed E-state index contributed by atoms with van der Waals surface area (Å²) in [5, 5.41) is 2.92. The number of carbonyl (C=O) groups is 1. The van der Waals surface area contributed by atoms with E-state index in [1.807, 2.05) is 50.2 Å². The van der Waals surface area contributed by atoms with E-state index in [0.29, 0.717) is 23.7 Å². The van der Waals surface area contributed by atoms with Gasteiger partial charge in [0.05, 0.1) is 24.2 Å². The molecule has 178 valence electrons. The number of hydrogen-bond donors (Lipinski definition) is 1. The van der Waals surface area contributed by atoms with Gasteiger partial charge in [0.1, 0.15) is 11.5 Å². The number of benzene rings is 3. The molecule has 0 saturated heterocycles. The third kappa shape index (κ3) is 4.87. The molecule has 1 amide bonds. The predicted octanol–water partition coefficient (Wildman–Crippen LogP) is 3.88. The van der Waals surface area contributed by atoms with Gasteiger partial charge in [-0.05, 0) is 60.4 Å². The second-order valence-electron chi connectivity index (χ2n) is 8.35. The average molecular weight is 481 g/mol. The molecule has 7 nitrogen and oxygen atoms in total. The Labute approximate surface area is 200 Å². The second-order valence-corrected chi connectivity index (χ2v) is 10.2. The molecule has 1 aliphatic heterocycles. The Morgan fingerprint density at radius 3 is 2.50 bits per heavy atom. The molecule has 34 heavy (non-hydrogen) atoms. The first-order valence-corrected chi connectivity index (χ1v) is 12.5. The van der Waals surface area contributed by atoms with Gasteiger partial charge in [0, 0.05) is 6.54 Å². The molecule has 2 atom stereocenters. The standard InChI is InChI=1S/C26H28N2O5S/c1-18-9-14-23-24(15-18)33-25(26(29)27-16-19(2)20-7-5-4-6-8-20)17-28(23)34(30,31)22-12-10-21(32-3)11-13-22/h4-15,19,25H,16-17H2,1-3H3,(H,27,29). The summed E-state index contributed by atoms with van der Waals surface area (Å²) in [6.07, 6.45) is -0.981. The smallest absolute Gasteiger partial charge is 0.264 e. The van der Waals surface area contributed by atoms with Crippen LogP contribution in [0, 0.1) is 6.92 Å². The highest BCUT2D eigenvalue weighted by Gasteiger charge is 2.37. The van der Waals surface area contributed by atoms with Crippen molar-refractivity contribution < 1.29 is 22.7 Å². The fourth-order valence-corrected chi connectivity index (χ4v) is 5.34. The van der Waals surface area contributed by atoms with Crippen molar-refractivity contribution in [3.05, 3.63) is 83.9 Å². The Hall–Kier alpha value is -3.52. The predicted molar refractivity (Wildman–Crippen MR) is 131 cm³/mol. The lowest BCUT2D eigenvalue weighted by Crippen LogP contribution is -2.51. The summed E-state index contributed by atoms with van der Waals surface area (Å²) in [5.41, 5.74) is 2.42. The van der Waals surface area contributed by atoms with E-state index in [-0.39, 0.29) is 23.3 Å². The van der Waals surface area contributed by atoms with E-state index in [1.165, 1.54) is 23.5 Å². The Morgan fingerprint density at radius 1 is 1.12 bits per heavy atom. The van der Waals surface area contributed by atoms with Crippen molar-refractivity contribution in [2.45, 2.75) is 30.8 Å². The summed E-state index contributed by atoms with van der Waals surface area (Å²) in [6.45, 7) is 4.19. The van der Waals surface area contributed by atoms with E-state index >= 15 is 0 Å². The number of amides is 1. The molecule has 1 aliphatic rings. The SMILES string of the molecule is COc1ccc(S(=O)(=O)N2CC(C(=O)NCC(C)c3ccccc3)Oc3cc(C)ccc32)cc1. The van der Waals surface area contributed by atoms with E-state index in [0.717, 1.165) is 11.1 Å². The van der Waals surface area contributed by atoms with Crippen LogP contribution in [0.5, 0.6) is 11.5 Å². The zero-order valence-electron chi connectivity index (χ0n) is 19.4. The van der Waals surface area contributed by atoms with Crippen LogP contribution in [0.4, 0.5) is 5.69 Å². The topological polar surface area (TPSA) is 84.9 Å². The molecule has 1 heterocycles. The molecule has 2 unspecified atom stereocenters. The quantitative estimate of drug-likeness (QED) is 0.555. The van der Waals surface area contributed by atoms with Crippen LogP contribution < -0.4 is 19.1 Å². The Bertz CT molecular complexity index is 1260. The number of hydrogen-bond acceptors (Lipinski definition) is 5. The van der Waals surface area contributed by atoms with Gasteiger partial charge in [-0.2, -0.15) is 0 Å². The van der Waals surface area contributed by atoms with Crippen molar-refractivity contribution in [1.82, 2.24) is 5.32 Å². The summed E-state index contributed by atoms with van der Waals surface area (Å²) in [6, 6.07) is 21.3. The maximum Gasteiger partial charge on any atom is 0.264 e. The van der Waals surface area contributed by atoms with Crippen molar-refractivity contribution in [1.29, 1.82) is 0 Å². The molecule has 0 saturated carbocycles. The van der Waals surface area contributed by atoms with E-state index in [9.17, 15) is 13.2 Å².